The van der Waals surface area contributed by atoms with Gasteiger partial charge in [-0.3, -0.25) is 4.79 Å². The molecule has 17 heavy (non-hydrogen) atoms. The molecule has 0 heterocycles. The minimum Gasteiger partial charge on any atom is -0.510 e. The zero-order chi connectivity index (χ0) is 12.3. The first-order valence-corrected chi connectivity index (χ1v) is 5.30. The molecule has 0 spiro atoms. The maximum absolute atomic E-state index is 13.2. The number of halogens is 1. The van der Waals surface area contributed by atoms with Crippen LogP contribution in [0.4, 0.5) is 10.1 Å². The number of nitrogens with zero attached hydrogens (tertiary/aromatic N) is 2. The quantitative estimate of drug-likeness (QED) is 0.797. The van der Waals surface area contributed by atoms with Crippen molar-refractivity contribution in [3.05, 3.63) is 41.5 Å². The number of aliphatic hydroxyl groups is 1. The van der Waals surface area contributed by atoms with Gasteiger partial charge in [-0.05, 0) is 18.6 Å². The Hall–Kier alpha value is -2.04. The molecule has 0 atom stereocenters. The molecule has 0 aliphatic heterocycles. The molecule has 0 bridgehead atoms. The van der Waals surface area contributed by atoms with Crippen molar-refractivity contribution in [3.63, 3.8) is 0 Å². The van der Waals surface area contributed by atoms with Gasteiger partial charge in [-0.25, -0.2) is 4.39 Å². The van der Waals surface area contributed by atoms with Crippen molar-refractivity contribution in [3.8, 4) is 0 Å². The summed E-state index contributed by atoms with van der Waals surface area (Å²) in [5, 5.41) is 16.8. The molecule has 4 nitrogen and oxygen atoms in total. The van der Waals surface area contributed by atoms with E-state index >= 15 is 0 Å². The highest BCUT2D eigenvalue weighted by atomic mass is 19.1. The first-order chi connectivity index (χ1) is 8.18. The summed E-state index contributed by atoms with van der Waals surface area (Å²) in [4.78, 5) is 11.4. The average Bonchev–Trinajstić information content (AvgIpc) is 2.30. The Morgan fingerprint density at radius 3 is 2.65 bits per heavy atom. The number of rotatable bonds is 2. The molecule has 0 saturated heterocycles. The predicted molar refractivity (Wildman–Crippen MR) is 59.4 cm³/mol. The van der Waals surface area contributed by atoms with Crippen LogP contribution in [-0.2, 0) is 4.79 Å². The van der Waals surface area contributed by atoms with Gasteiger partial charge in [0.25, 0.3) is 0 Å². The third-order valence-corrected chi connectivity index (χ3v) is 2.47. The van der Waals surface area contributed by atoms with Gasteiger partial charge in [0.05, 0.1) is 0 Å². The Balaban J connectivity index is 2.27. The lowest BCUT2D eigenvalue weighted by molar-refractivity contribution is -0.116. The van der Waals surface area contributed by atoms with E-state index in [1.165, 1.54) is 18.2 Å². The van der Waals surface area contributed by atoms with Gasteiger partial charge in [-0.1, -0.05) is 12.1 Å². The van der Waals surface area contributed by atoms with Crippen molar-refractivity contribution < 1.29 is 14.3 Å². The highest BCUT2D eigenvalue weighted by Crippen LogP contribution is 2.24. The van der Waals surface area contributed by atoms with E-state index in [0.717, 1.165) is 0 Å². The summed E-state index contributed by atoms with van der Waals surface area (Å²) in [6.07, 6.45) is 1.37. The summed E-state index contributed by atoms with van der Waals surface area (Å²) in [6, 6.07) is 5.86. The van der Waals surface area contributed by atoms with Crippen LogP contribution in [0.3, 0.4) is 0 Å². The topological polar surface area (TPSA) is 62.0 Å². The Labute approximate surface area is 97.5 Å². The fourth-order valence-electron chi connectivity index (χ4n) is 1.56. The van der Waals surface area contributed by atoms with Crippen LogP contribution in [-0.4, -0.2) is 10.9 Å². The van der Waals surface area contributed by atoms with Gasteiger partial charge >= 0.3 is 0 Å². The summed E-state index contributed by atoms with van der Waals surface area (Å²) in [5.41, 5.74) is -0.00863. The smallest absolute Gasteiger partial charge is 0.186 e. The molecule has 0 aromatic heterocycles. The fourth-order valence-corrected chi connectivity index (χ4v) is 1.56. The molecule has 1 aromatic rings. The molecule has 0 unspecified atom stereocenters. The summed E-state index contributed by atoms with van der Waals surface area (Å²) < 4.78 is 13.2. The Morgan fingerprint density at radius 1 is 1.18 bits per heavy atom. The number of Topliss-reactive ketones (excluding diaryl/α,β-unsaturated/α-hetero) is 1. The molecule has 1 N–H and O–H groups in total. The third-order valence-electron chi connectivity index (χ3n) is 2.47. The number of carbonyl (C=O) groups excluding carboxylic acids is 1. The largest absolute Gasteiger partial charge is 0.510 e. The number of benzene rings is 1. The maximum atomic E-state index is 13.2. The molecule has 5 heteroatoms. The molecule has 1 aliphatic rings. The molecule has 0 amide bonds. The van der Waals surface area contributed by atoms with Crippen LogP contribution in [0.1, 0.15) is 19.3 Å². The van der Waals surface area contributed by atoms with Gasteiger partial charge in [-0.2, -0.15) is 0 Å². The van der Waals surface area contributed by atoms with Crippen molar-refractivity contribution in [1.29, 1.82) is 0 Å². The van der Waals surface area contributed by atoms with Crippen molar-refractivity contribution in [2.45, 2.75) is 19.3 Å². The number of azo groups is 1. The van der Waals surface area contributed by atoms with Gasteiger partial charge in [0, 0.05) is 12.8 Å². The van der Waals surface area contributed by atoms with E-state index in [0.29, 0.717) is 19.3 Å². The second-order valence-electron chi connectivity index (χ2n) is 3.72. The average molecular weight is 234 g/mol. The van der Waals surface area contributed by atoms with Crippen LogP contribution in [0.2, 0.25) is 0 Å². The standard InChI is InChI=1S/C12H11FN2O2/c13-8-4-1-2-5-9(8)14-15-12-10(16)6-3-7-11(12)17/h1-2,4-5,16H,3,6-7H2. The lowest BCUT2D eigenvalue weighted by atomic mass is 10.0. The van der Waals surface area contributed by atoms with Crippen molar-refractivity contribution >= 4 is 11.5 Å². The van der Waals surface area contributed by atoms with E-state index in [-0.39, 0.29) is 22.9 Å². The van der Waals surface area contributed by atoms with Crippen LogP contribution in [0, 0.1) is 5.82 Å². The van der Waals surface area contributed by atoms with E-state index in [1.54, 1.807) is 6.07 Å². The summed E-state index contributed by atoms with van der Waals surface area (Å²) in [6.45, 7) is 0. The van der Waals surface area contributed by atoms with Crippen LogP contribution >= 0.6 is 0 Å². The van der Waals surface area contributed by atoms with E-state index in [1.807, 2.05) is 0 Å². The summed E-state index contributed by atoms with van der Waals surface area (Å²) in [5.74, 6) is -0.838. The summed E-state index contributed by atoms with van der Waals surface area (Å²) >= 11 is 0. The Kier molecular flexibility index (Phi) is 3.27. The number of allylic oxidation sites excluding steroid dienone is 2. The number of hydrogen-bond acceptors (Lipinski definition) is 4. The molecular formula is C12H11FN2O2. The SMILES string of the molecule is O=C1CCCC(O)=C1N=Nc1ccccc1F. The number of hydrogen-bond donors (Lipinski definition) is 1. The van der Waals surface area contributed by atoms with E-state index < -0.39 is 5.82 Å². The normalized spacial score (nSPS) is 16.9. The van der Waals surface area contributed by atoms with E-state index in [2.05, 4.69) is 10.2 Å². The van der Waals surface area contributed by atoms with E-state index in [4.69, 9.17) is 0 Å². The second-order valence-corrected chi connectivity index (χ2v) is 3.72. The maximum Gasteiger partial charge on any atom is 0.186 e. The first-order valence-electron chi connectivity index (χ1n) is 5.30. The lowest BCUT2D eigenvalue weighted by Gasteiger charge is -2.09. The van der Waals surface area contributed by atoms with Crippen LogP contribution < -0.4 is 0 Å². The molecular weight excluding hydrogens is 223 g/mol. The van der Waals surface area contributed by atoms with Gasteiger partial charge < -0.3 is 5.11 Å². The number of carbonyl (C=O) groups is 1. The van der Waals surface area contributed by atoms with Crippen LogP contribution in [0.15, 0.2) is 46.0 Å². The minimum absolute atomic E-state index is 0.0474. The molecule has 0 radical (unpaired) electrons. The zero-order valence-electron chi connectivity index (χ0n) is 9.06. The fraction of sp³-hybridized carbons (Fsp3) is 0.250. The number of aliphatic hydroxyl groups excluding tert-OH is 1. The lowest BCUT2D eigenvalue weighted by Crippen LogP contribution is -2.09. The monoisotopic (exact) mass is 234 g/mol. The third kappa shape index (κ3) is 2.55. The number of ketones is 1. The van der Waals surface area contributed by atoms with Crippen LogP contribution in [0.5, 0.6) is 0 Å². The molecule has 0 fully saturated rings. The molecule has 1 aromatic carbocycles. The van der Waals surface area contributed by atoms with Crippen molar-refractivity contribution in [2.24, 2.45) is 10.2 Å². The zero-order valence-corrected chi connectivity index (χ0v) is 9.06. The highest BCUT2D eigenvalue weighted by molar-refractivity contribution is 5.96. The minimum atomic E-state index is -0.514. The van der Waals surface area contributed by atoms with E-state index in [9.17, 15) is 14.3 Å². The first kappa shape index (κ1) is 11.4. The van der Waals surface area contributed by atoms with Crippen molar-refractivity contribution in [1.82, 2.24) is 0 Å². The molecule has 0 saturated carbocycles. The summed E-state index contributed by atoms with van der Waals surface area (Å²) in [7, 11) is 0. The molecule has 88 valence electrons. The second kappa shape index (κ2) is 4.86. The van der Waals surface area contributed by atoms with Crippen LogP contribution in [0.25, 0.3) is 0 Å². The Bertz CT molecular complexity index is 509. The van der Waals surface area contributed by atoms with Gasteiger partial charge in [0.15, 0.2) is 17.3 Å². The van der Waals surface area contributed by atoms with Gasteiger partial charge in [0.2, 0.25) is 0 Å². The highest BCUT2D eigenvalue weighted by Gasteiger charge is 2.20. The van der Waals surface area contributed by atoms with Gasteiger partial charge in [-0.15, -0.1) is 10.2 Å². The van der Waals surface area contributed by atoms with Gasteiger partial charge in [0.1, 0.15) is 11.4 Å². The van der Waals surface area contributed by atoms with Crippen molar-refractivity contribution in [2.75, 3.05) is 0 Å². The molecule has 1 aliphatic carbocycles. The predicted octanol–water partition coefficient (Wildman–Crippen LogP) is 3.43. The Morgan fingerprint density at radius 2 is 1.94 bits per heavy atom. The molecule has 2 rings (SSSR count).